The maximum Gasteiger partial charge on any atom is 0.380 e. The van der Waals surface area contributed by atoms with Crippen molar-refractivity contribution in [2.45, 2.75) is 25.5 Å². The summed E-state index contributed by atoms with van der Waals surface area (Å²) in [6.07, 6.45) is -3.32. The number of hydrogen-bond acceptors (Lipinski definition) is 4. The largest absolute Gasteiger partial charge is 0.380 e. The molecule has 0 rings (SSSR count). The molecule has 80 valence electrons. The molecule has 0 saturated heterocycles. The highest BCUT2D eigenvalue weighted by molar-refractivity contribution is 8.77. The molecule has 13 heavy (non-hydrogen) atoms. The minimum atomic E-state index is -3.32. The van der Waals surface area contributed by atoms with Crippen LogP contribution in [0.5, 0.6) is 0 Å². The fraction of sp³-hybridized carbons (Fsp3) is 1.00. The molecule has 0 unspecified atom stereocenters. The molecule has 0 bridgehead atoms. The van der Waals surface area contributed by atoms with Crippen LogP contribution in [0.2, 0.25) is 0 Å². The van der Waals surface area contributed by atoms with Crippen molar-refractivity contribution in [2.24, 2.45) is 0 Å². The molecule has 0 N–H and O–H groups in total. The lowest BCUT2D eigenvalue weighted by atomic mass is 10.3. The molecule has 0 atom stereocenters. The summed E-state index contributed by atoms with van der Waals surface area (Å²) in [5.41, 5.74) is 0. The van der Waals surface area contributed by atoms with E-state index in [1.165, 1.54) is 0 Å². The third kappa shape index (κ3) is 13.5. The fourth-order valence-corrected chi connectivity index (χ4v) is 3.34. The van der Waals surface area contributed by atoms with Gasteiger partial charge in [0.15, 0.2) is 0 Å². The molecule has 0 aliphatic carbocycles. The molecule has 2 nitrogen and oxygen atoms in total. The highest BCUT2D eigenvalue weighted by Gasteiger charge is 2.14. The third-order valence-corrected chi connectivity index (χ3v) is 5.09. The third-order valence-electron chi connectivity index (χ3n) is 0.717. The summed E-state index contributed by atoms with van der Waals surface area (Å²) in [5, 5.41) is 0. The van der Waals surface area contributed by atoms with Crippen molar-refractivity contribution >= 4 is 50.1 Å². The lowest BCUT2D eigenvalue weighted by Gasteiger charge is -2.15. The molecule has 0 aromatic rings. The van der Waals surface area contributed by atoms with Gasteiger partial charge in [-0.1, -0.05) is 42.4 Å². The topological polar surface area (TPSA) is 26.3 Å². The first-order chi connectivity index (χ1) is 5.71. The zero-order valence-electron chi connectivity index (χ0n) is 7.75. The van der Waals surface area contributed by atoms with Gasteiger partial charge in [0, 0.05) is 10.5 Å². The van der Waals surface area contributed by atoms with Gasteiger partial charge >= 0.3 is 6.07 Å². The monoisotopic (exact) mass is 282 g/mol. The average molecular weight is 283 g/mol. The van der Waals surface area contributed by atoms with E-state index in [-0.39, 0.29) is 4.75 Å². The van der Waals surface area contributed by atoms with Gasteiger partial charge in [-0.3, -0.25) is 4.57 Å². The predicted octanol–water partition coefficient (Wildman–Crippen LogP) is 4.77. The second-order valence-corrected chi connectivity index (χ2v) is 10.8. The van der Waals surface area contributed by atoms with Crippen LogP contribution in [0.25, 0.3) is 0 Å². The van der Waals surface area contributed by atoms with Crippen LogP contribution in [-0.4, -0.2) is 17.1 Å². The van der Waals surface area contributed by atoms with Gasteiger partial charge in [-0.05, 0) is 22.5 Å². The molecule has 0 radical (unpaired) electrons. The quantitative estimate of drug-likeness (QED) is 0.412. The number of rotatable bonds is 5. The van der Waals surface area contributed by atoms with Crippen LogP contribution in [0.3, 0.4) is 0 Å². The average Bonchev–Trinajstić information content (AvgIpc) is 1.81. The fourth-order valence-electron chi connectivity index (χ4n) is 0.396. The Labute approximate surface area is 96.9 Å². The van der Waals surface area contributed by atoms with Crippen molar-refractivity contribution in [1.29, 1.82) is 0 Å². The van der Waals surface area contributed by atoms with E-state index in [2.05, 4.69) is 20.8 Å². The van der Waals surface area contributed by atoms with Gasteiger partial charge in [0.1, 0.15) is 0 Å². The van der Waals surface area contributed by atoms with Gasteiger partial charge in [-0.2, -0.15) is 0 Å². The van der Waals surface area contributed by atoms with Crippen molar-refractivity contribution in [2.75, 3.05) is 12.4 Å². The van der Waals surface area contributed by atoms with E-state index in [4.69, 9.17) is 27.0 Å². The molecular formula is C6H13Cl2O2PS2. The first-order valence-corrected chi connectivity index (χ1v) is 9.41. The van der Waals surface area contributed by atoms with E-state index in [1.807, 2.05) is 0 Å². The SMILES string of the molecule is CC(C)(C)SSCCOP(=O)(Cl)Cl. The van der Waals surface area contributed by atoms with E-state index in [0.29, 0.717) is 6.61 Å². The first-order valence-electron chi connectivity index (χ1n) is 3.65. The summed E-state index contributed by atoms with van der Waals surface area (Å²) in [6.45, 7) is 6.69. The van der Waals surface area contributed by atoms with Gasteiger partial charge in [-0.25, -0.2) is 0 Å². The maximum absolute atomic E-state index is 10.7. The van der Waals surface area contributed by atoms with Crippen molar-refractivity contribution in [3.8, 4) is 0 Å². The molecule has 0 heterocycles. The van der Waals surface area contributed by atoms with Crippen LogP contribution in [-0.2, 0) is 9.09 Å². The molecule has 0 amide bonds. The molecular weight excluding hydrogens is 270 g/mol. The second kappa shape index (κ2) is 6.14. The Hall–Kier alpha value is 1.47. The molecule has 0 saturated carbocycles. The molecule has 7 heteroatoms. The summed E-state index contributed by atoms with van der Waals surface area (Å²) >= 11 is 10.4. The van der Waals surface area contributed by atoms with Gasteiger partial charge in [0.05, 0.1) is 6.61 Å². The Morgan fingerprint density at radius 3 is 2.31 bits per heavy atom. The van der Waals surface area contributed by atoms with Crippen LogP contribution < -0.4 is 0 Å². The van der Waals surface area contributed by atoms with E-state index >= 15 is 0 Å². The zero-order chi connectivity index (χ0) is 10.5. The minimum absolute atomic E-state index is 0.219. The van der Waals surface area contributed by atoms with Gasteiger partial charge in [0.2, 0.25) is 0 Å². The van der Waals surface area contributed by atoms with E-state index in [9.17, 15) is 4.57 Å². The van der Waals surface area contributed by atoms with Crippen LogP contribution in [0.15, 0.2) is 0 Å². The van der Waals surface area contributed by atoms with E-state index in [0.717, 1.165) is 5.75 Å². The van der Waals surface area contributed by atoms with E-state index in [1.54, 1.807) is 21.6 Å². The van der Waals surface area contributed by atoms with Crippen LogP contribution in [0.4, 0.5) is 0 Å². The summed E-state index contributed by atoms with van der Waals surface area (Å²) < 4.78 is 15.6. The lowest BCUT2D eigenvalue weighted by Crippen LogP contribution is -2.05. The Morgan fingerprint density at radius 1 is 1.38 bits per heavy atom. The zero-order valence-corrected chi connectivity index (χ0v) is 11.8. The molecule has 0 aliphatic heterocycles. The van der Waals surface area contributed by atoms with Crippen LogP contribution >= 0.6 is 50.1 Å². The Kier molecular flexibility index (Phi) is 6.83. The molecule has 0 fully saturated rings. The van der Waals surface area contributed by atoms with Crippen LogP contribution in [0.1, 0.15) is 20.8 Å². The molecule has 0 spiro atoms. The molecule has 0 aliphatic rings. The minimum Gasteiger partial charge on any atom is -0.305 e. The van der Waals surface area contributed by atoms with Gasteiger partial charge < -0.3 is 4.52 Å². The molecule has 0 aromatic heterocycles. The van der Waals surface area contributed by atoms with Crippen LogP contribution in [0, 0.1) is 0 Å². The number of hydrogen-bond donors (Lipinski definition) is 0. The second-order valence-electron chi connectivity index (χ2n) is 3.27. The van der Waals surface area contributed by atoms with Crippen molar-refractivity contribution in [1.82, 2.24) is 0 Å². The number of halogens is 2. The highest BCUT2D eigenvalue weighted by atomic mass is 35.9. The Bertz CT molecular complexity index is 190. The van der Waals surface area contributed by atoms with Crippen molar-refractivity contribution < 1.29 is 9.09 Å². The summed E-state index contributed by atoms with van der Waals surface area (Å²) in [5.74, 6) is 0.728. The van der Waals surface area contributed by atoms with E-state index < -0.39 is 6.07 Å². The highest BCUT2D eigenvalue weighted by Crippen LogP contribution is 2.57. The predicted molar refractivity (Wildman–Crippen MR) is 65.1 cm³/mol. The van der Waals surface area contributed by atoms with Gasteiger partial charge in [-0.15, -0.1) is 0 Å². The lowest BCUT2D eigenvalue weighted by molar-refractivity contribution is 0.359. The smallest absolute Gasteiger partial charge is 0.305 e. The van der Waals surface area contributed by atoms with Crippen molar-refractivity contribution in [3.63, 3.8) is 0 Å². The maximum atomic E-state index is 10.7. The Balaban J connectivity index is 3.33. The standard InChI is InChI=1S/C6H13Cl2O2PS2/c1-6(2,3)13-12-5-4-10-11(7,8)9/h4-5H2,1-3H3. The molecule has 0 aromatic carbocycles. The van der Waals surface area contributed by atoms with Gasteiger partial charge in [0.25, 0.3) is 0 Å². The summed E-state index contributed by atoms with van der Waals surface area (Å²) in [4.78, 5) is 0. The Morgan fingerprint density at radius 2 is 1.92 bits per heavy atom. The first kappa shape index (κ1) is 14.5. The summed E-state index contributed by atoms with van der Waals surface area (Å²) in [6, 6.07) is 0. The normalized spacial score (nSPS) is 13.3. The summed E-state index contributed by atoms with van der Waals surface area (Å²) in [7, 11) is 3.40. The van der Waals surface area contributed by atoms with Crippen molar-refractivity contribution in [3.05, 3.63) is 0 Å².